The fourth-order valence-corrected chi connectivity index (χ4v) is 4.08. The summed E-state index contributed by atoms with van der Waals surface area (Å²) in [4.78, 5) is 18.3. The lowest BCUT2D eigenvalue weighted by molar-refractivity contribution is 0.308. The summed E-state index contributed by atoms with van der Waals surface area (Å²) in [6, 6.07) is 21.3. The summed E-state index contributed by atoms with van der Waals surface area (Å²) in [7, 11) is 1.63. The molecule has 0 aliphatic heterocycles. The Morgan fingerprint density at radius 1 is 0.943 bits per heavy atom. The summed E-state index contributed by atoms with van der Waals surface area (Å²) in [6.45, 7) is 6.23. The van der Waals surface area contributed by atoms with Gasteiger partial charge in [-0.3, -0.25) is 9.20 Å². The van der Waals surface area contributed by atoms with Gasteiger partial charge < -0.3 is 9.47 Å². The van der Waals surface area contributed by atoms with Crippen LogP contribution < -0.4 is 15.0 Å². The van der Waals surface area contributed by atoms with Crippen molar-refractivity contribution in [3.63, 3.8) is 0 Å². The zero-order chi connectivity index (χ0) is 24.5. The van der Waals surface area contributed by atoms with Gasteiger partial charge in [0.2, 0.25) is 0 Å². The van der Waals surface area contributed by atoms with Gasteiger partial charge >= 0.3 is 0 Å². The highest BCUT2D eigenvalue weighted by Crippen LogP contribution is 2.25. The molecular formula is C28H26N4O3. The molecule has 0 fully saturated rings. The number of ether oxygens (including phenoxy) is 2. The minimum Gasteiger partial charge on any atom is -0.497 e. The van der Waals surface area contributed by atoms with Crippen molar-refractivity contribution in [3.8, 4) is 28.4 Å². The Morgan fingerprint density at radius 2 is 1.69 bits per heavy atom. The molecule has 176 valence electrons. The summed E-state index contributed by atoms with van der Waals surface area (Å²) in [5.41, 5.74) is 5.97. The van der Waals surface area contributed by atoms with Crippen molar-refractivity contribution in [2.24, 2.45) is 0 Å². The summed E-state index contributed by atoms with van der Waals surface area (Å²) in [5.74, 6) is 1.33. The van der Waals surface area contributed by atoms with Crippen LogP contribution >= 0.6 is 0 Å². The van der Waals surface area contributed by atoms with Gasteiger partial charge in [0, 0.05) is 11.9 Å². The highest BCUT2D eigenvalue weighted by atomic mass is 16.5. The van der Waals surface area contributed by atoms with E-state index in [1.165, 1.54) is 9.96 Å². The molecule has 35 heavy (non-hydrogen) atoms. The molecule has 5 aromatic rings. The zero-order valence-corrected chi connectivity index (χ0v) is 20.1. The first kappa shape index (κ1) is 22.4. The molecule has 0 radical (unpaired) electrons. The van der Waals surface area contributed by atoms with Gasteiger partial charge in [-0.25, -0.2) is 9.67 Å². The van der Waals surface area contributed by atoms with Gasteiger partial charge in [-0.1, -0.05) is 29.8 Å². The van der Waals surface area contributed by atoms with Gasteiger partial charge in [-0.15, -0.1) is 0 Å². The van der Waals surface area contributed by atoms with E-state index in [1.807, 2.05) is 86.1 Å². The van der Waals surface area contributed by atoms with E-state index in [0.29, 0.717) is 35.0 Å². The average Bonchev–Trinajstić information content (AvgIpc) is 3.24. The third kappa shape index (κ3) is 4.28. The van der Waals surface area contributed by atoms with E-state index in [0.717, 1.165) is 22.7 Å². The van der Waals surface area contributed by atoms with Gasteiger partial charge in [0.1, 0.15) is 18.1 Å². The predicted octanol–water partition coefficient (Wildman–Crippen LogP) is 5.06. The predicted molar refractivity (Wildman–Crippen MR) is 136 cm³/mol. The Kier molecular flexibility index (Phi) is 5.82. The smallest absolute Gasteiger partial charge is 0.267 e. The molecule has 2 aromatic carbocycles. The molecule has 5 rings (SSSR count). The van der Waals surface area contributed by atoms with Crippen LogP contribution in [0.15, 0.2) is 77.7 Å². The zero-order valence-electron chi connectivity index (χ0n) is 20.1. The second-order valence-electron chi connectivity index (χ2n) is 8.50. The van der Waals surface area contributed by atoms with E-state index in [2.05, 4.69) is 0 Å². The number of benzene rings is 2. The molecule has 7 nitrogen and oxygen atoms in total. The molecule has 0 saturated heterocycles. The maximum atomic E-state index is 13.6. The van der Waals surface area contributed by atoms with Crippen LogP contribution in [0.25, 0.3) is 22.6 Å². The van der Waals surface area contributed by atoms with Crippen LogP contribution in [0.4, 0.5) is 0 Å². The van der Waals surface area contributed by atoms with Crippen LogP contribution in [-0.2, 0) is 6.61 Å². The lowest BCUT2D eigenvalue weighted by Gasteiger charge is -2.12. The molecule has 3 heterocycles. The molecule has 0 atom stereocenters. The Labute approximate surface area is 203 Å². The fourth-order valence-electron chi connectivity index (χ4n) is 4.08. The van der Waals surface area contributed by atoms with E-state index in [4.69, 9.17) is 19.6 Å². The van der Waals surface area contributed by atoms with Crippen LogP contribution in [-0.4, -0.2) is 26.3 Å². The van der Waals surface area contributed by atoms with Gasteiger partial charge in [0.05, 0.1) is 24.1 Å². The molecule has 0 spiro atoms. The summed E-state index contributed by atoms with van der Waals surface area (Å²) >= 11 is 0. The van der Waals surface area contributed by atoms with Crippen molar-refractivity contribution >= 4 is 5.65 Å². The van der Waals surface area contributed by atoms with Crippen LogP contribution in [0, 0.1) is 20.8 Å². The number of hydrogen-bond acceptors (Lipinski definition) is 5. The fraction of sp³-hybridized carbons (Fsp3) is 0.179. The minimum atomic E-state index is -0.187. The van der Waals surface area contributed by atoms with Crippen molar-refractivity contribution in [2.75, 3.05) is 7.11 Å². The molecule has 0 N–H and O–H groups in total. The Balaban J connectivity index is 1.52. The van der Waals surface area contributed by atoms with Gasteiger partial charge in [-0.05, 0) is 68.8 Å². The minimum absolute atomic E-state index is 0.187. The number of aryl methyl sites for hydroxylation is 3. The number of fused-ring (bicyclic) bond motifs is 1. The number of rotatable bonds is 6. The number of hydrogen-bond donors (Lipinski definition) is 0. The molecule has 0 aliphatic carbocycles. The first-order chi connectivity index (χ1) is 16.9. The monoisotopic (exact) mass is 466 g/mol. The molecule has 3 aromatic heterocycles. The third-order valence-corrected chi connectivity index (χ3v) is 5.97. The normalized spacial score (nSPS) is 11.1. The number of methoxy groups -OCH3 is 1. The lowest BCUT2D eigenvalue weighted by Crippen LogP contribution is -2.19. The molecule has 0 aliphatic rings. The van der Waals surface area contributed by atoms with Crippen LogP contribution in [0.3, 0.4) is 0 Å². The van der Waals surface area contributed by atoms with Crippen LogP contribution in [0.1, 0.15) is 22.5 Å². The molecule has 0 unspecified atom stereocenters. The van der Waals surface area contributed by atoms with E-state index >= 15 is 0 Å². The van der Waals surface area contributed by atoms with E-state index in [1.54, 1.807) is 19.4 Å². The van der Waals surface area contributed by atoms with E-state index in [-0.39, 0.29) is 5.56 Å². The number of nitrogens with zero attached hydrogens (tertiary/aromatic N) is 4. The standard InChI is InChI=1S/C28H26N4O3/c1-18-7-9-21(10-8-18)17-35-25-6-5-15-31-27(25)29-20(3)26(28(31)33)24-16-19(2)32(30-24)22-11-13-23(34-4)14-12-22/h5-16H,17H2,1-4H3. The van der Waals surface area contributed by atoms with Gasteiger partial charge in [0.15, 0.2) is 11.4 Å². The van der Waals surface area contributed by atoms with Crippen molar-refractivity contribution in [1.29, 1.82) is 0 Å². The quantitative estimate of drug-likeness (QED) is 0.350. The van der Waals surface area contributed by atoms with Gasteiger partial charge in [-0.2, -0.15) is 5.10 Å². The van der Waals surface area contributed by atoms with E-state index < -0.39 is 0 Å². The topological polar surface area (TPSA) is 70.7 Å². The highest BCUT2D eigenvalue weighted by Gasteiger charge is 2.18. The molecule has 0 saturated carbocycles. The van der Waals surface area contributed by atoms with Crippen LogP contribution in [0.2, 0.25) is 0 Å². The number of pyridine rings is 1. The maximum absolute atomic E-state index is 13.6. The average molecular weight is 467 g/mol. The van der Waals surface area contributed by atoms with Crippen molar-refractivity contribution < 1.29 is 9.47 Å². The Morgan fingerprint density at radius 3 is 2.40 bits per heavy atom. The second-order valence-corrected chi connectivity index (χ2v) is 8.50. The van der Waals surface area contributed by atoms with Crippen molar-refractivity contribution in [3.05, 3.63) is 106 Å². The lowest BCUT2D eigenvalue weighted by atomic mass is 10.1. The largest absolute Gasteiger partial charge is 0.497 e. The van der Waals surface area contributed by atoms with Crippen molar-refractivity contribution in [2.45, 2.75) is 27.4 Å². The summed E-state index contributed by atoms with van der Waals surface area (Å²) in [5, 5.41) is 4.73. The van der Waals surface area contributed by atoms with Crippen molar-refractivity contribution in [1.82, 2.24) is 19.2 Å². The second kappa shape index (κ2) is 9.10. The van der Waals surface area contributed by atoms with E-state index in [9.17, 15) is 4.79 Å². The summed E-state index contributed by atoms with van der Waals surface area (Å²) < 4.78 is 14.6. The molecular weight excluding hydrogens is 440 g/mol. The first-order valence-electron chi connectivity index (χ1n) is 11.4. The Hall–Kier alpha value is -4.39. The number of aromatic nitrogens is 4. The Bertz CT molecular complexity index is 1570. The maximum Gasteiger partial charge on any atom is 0.267 e. The highest BCUT2D eigenvalue weighted by molar-refractivity contribution is 5.65. The molecule has 0 bridgehead atoms. The summed E-state index contributed by atoms with van der Waals surface area (Å²) in [6.07, 6.45) is 1.71. The SMILES string of the molecule is COc1ccc(-n2nc(-c3c(C)nc4c(OCc5ccc(C)cc5)cccn4c3=O)cc2C)cc1. The molecule has 7 heteroatoms. The first-order valence-corrected chi connectivity index (χ1v) is 11.4. The molecule has 0 amide bonds. The van der Waals surface area contributed by atoms with Crippen LogP contribution in [0.5, 0.6) is 11.5 Å². The third-order valence-electron chi connectivity index (χ3n) is 5.97. The van der Waals surface area contributed by atoms with Gasteiger partial charge in [0.25, 0.3) is 5.56 Å².